The average Bonchev–Trinajstić information content (AvgIpc) is 2.99. The zero-order chi connectivity index (χ0) is 18.0. The summed E-state index contributed by atoms with van der Waals surface area (Å²) in [4.78, 5) is 19.2. The van der Waals surface area contributed by atoms with Crippen LogP contribution in [-0.4, -0.2) is 27.8 Å². The minimum atomic E-state index is -0.983. The fraction of sp³-hybridized carbons (Fsp3) is 0.200. The van der Waals surface area contributed by atoms with Crippen molar-refractivity contribution in [2.75, 3.05) is 0 Å². The number of H-pyrrole nitrogens is 1. The van der Waals surface area contributed by atoms with Gasteiger partial charge >= 0.3 is 5.97 Å². The molecule has 0 aliphatic carbocycles. The standard InChI is InChI=1S/C20H19FN2O2/c1-12-9-14(7-8-17(12)21)13(2)23-19(20(24)25)10-15-11-22-18-6-4-3-5-16(15)18/h3-9,11,19,22H,10H2,1-2H3,(H,24,25). The fourth-order valence-corrected chi connectivity index (χ4v) is 2.88. The molecule has 4 nitrogen and oxygen atoms in total. The number of hydrogen-bond acceptors (Lipinski definition) is 2. The van der Waals surface area contributed by atoms with Crippen LogP contribution in [0.25, 0.3) is 10.9 Å². The highest BCUT2D eigenvalue weighted by Crippen LogP contribution is 2.20. The third-order valence-electron chi connectivity index (χ3n) is 4.30. The lowest BCUT2D eigenvalue weighted by Crippen LogP contribution is -2.22. The van der Waals surface area contributed by atoms with Crippen LogP contribution < -0.4 is 0 Å². The summed E-state index contributed by atoms with van der Waals surface area (Å²) in [6.07, 6.45) is 2.12. The first-order valence-electron chi connectivity index (χ1n) is 8.04. The lowest BCUT2D eigenvalue weighted by Gasteiger charge is -2.10. The SMILES string of the molecule is CC(=NC(Cc1c[nH]c2ccccc12)C(=O)O)c1ccc(F)c(C)c1. The van der Waals surface area contributed by atoms with Crippen molar-refractivity contribution in [2.24, 2.45) is 4.99 Å². The predicted octanol–water partition coefficient (Wildman–Crippen LogP) is 4.12. The van der Waals surface area contributed by atoms with Gasteiger partial charge in [-0.1, -0.05) is 24.3 Å². The van der Waals surface area contributed by atoms with Crippen LogP contribution in [0.3, 0.4) is 0 Å². The monoisotopic (exact) mass is 338 g/mol. The van der Waals surface area contributed by atoms with E-state index >= 15 is 0 Å². The third kappa shape index (κ3) is 3.60. The summed E-state index contributed by atoms with van der Waals surface area (Å²) in [5, 5.41) is 10.6. The van der Waals surface area contributed by atoms with E-state index in [9.17, 15) is 14.3 Å². The normalized spacial score (nSPS) is 13.2. The number of para-hydroxylation sites is 1. The molecule has 0 amide bonds. The Hall–Kier alpha value is -2.95. The first-order valence-corrected chi connectivity index (χ1v) is 8.04. The highest BCUT2D eigenvalue weighted by atomic mass is 19.1. The Balaban J connectivity index is 1.90. The zero-order valence-corrected chi connectivity index (χ0v) is 14.1. The van der Waals surface area contributed by atoms with Gasteiger partial charge in [0.2, 0.25) is 0 Å². The summed E-state index contributed by atoms with van der Waals surface area (Å²) >= 11 is 0. The first-order chi connectivity index (χ1) is 12.0. The van der Waals surface area contributed by atoms with Crippen LogP contribution in [0.5, 0.6) is 0 Å². The first kappa shape index (κ1) is 16.9. The molecule has 3 rings (SSSR count). The van der Waals surface area contributed by atoms with Crippen LogP contribution in [0.4, 0.5) is 4.39 Å². The maximum atomic E-state index is 13.4. The third-order valence-corrected chi connectivity index (χ3v) is 4.30. The second-order valence-electron chi connectivity index (χ2n) is 6.10. The summed E-state index contributed by atoms with van der Waals surface area (Å²) in [7, 11) is 0. The quantitative estimate of drug-likeness (QED) is 0.687. The summed E-state index contributed by atoms with van der Waals surface area (Å²) in [6, 6.07) is 11.5. The highest BCUT2D eigenvalue weighted by Gasteiger charge is 2.19. The average molecular weight is 338 g/mol. The van der Waals surface area contributed by atoms with E-state index in [2.05, 4.69) is 9.98 Å². The predicted molar refractivity (Wildman–Crippen MR) is 96.8 cm³/mol. The second-order valence-corrected chi connectivity index (χ2v) is 6.10. The van der Waals surface area contributed by atoms with Gasteiger partial charge in [-0.15, -0.1) is 0 Å². The van der Waals surface area contributed by atoms with Gasteiger partial charge < -0.3 is 10.1 Å². The van der Waals surface area contributed by atoms with E-state index in [1.807, 2.05) is 30.5 Å². The van der Waals surface area contributed by atoms with E-state index in [-0.39, 0.29) is 12.2 Å². The van der Waals surface area contributed by atoms with Gasteiger partial charge in [-0.25, -0.2) is 9.18 Å². The Morgan fingerprint density at radius 2 is 2.04 bits per heavy atom. The summed E-state index contributed by atoms with van der Waals surface area (Å²) < 4.78 is 13.4. The lowest BCUT2D eigenvalue weighted by molar-refractivity contribution is -0.138. The number of nitrogens with zero attached hydrogens (tertiary/aromatic N) is 1. The number of rotatable bonds is 5. The van der Waals surface area contributed by atoms with Crippen molar-refractivity contribution < 1.29 is 14.3 Å². The molecule has 25 heavy (non-hydrogen) atoms. The molecule has 0 radical (unpaired) electrons. The number of carbonyl (C=O) groups is 1. The van der Waals surface area contributed by atoms with Crippen LogP contribution in [-0.2, 0) is 11.2 Å². The second kappa shape index (κ2) is 6.89. The molecule has 1 aromatic heterocycles. The number of aliphatic carboxylic acids is 1. The summed E-state index contributed by atoms with van der Waals surface area (Å²) in [6.45, 7) is 3.42. The maximum Gasteiger partial charge on any atom is 0.328 e. The molecule has 128 valence electrons. The number of carboxylic acid groups (broad SMARTS) is 1. The Morgan fingerprint density at radius 3 is 2.76 bits per heavy atom. The van der Waals surface area contributed by atoms with Gasteiger partial charge in [-0.05, 0) is 48.7 Å². The van der Waals surface area contributed by atoms with Crippen molar-refractivity contribution in [1.29, 1.82) is 0 Å². The van der Waals surface area contributed by atoms with E-state index in [0.29, 0.717) is 11.3 Å². The van der Waals surface area contributed by atoms with Crippen molar-refractivity contribution in [3.63, 3.8) is 0 Å². The maximum absolute atomic E-state index is 13.4. The van der Waals surface area contributed by atoms with E-state index in [4.69, 9.17) is 0 Å². The number of aryl methyl sites for hydroxylation is 1. The molecule has 0 saturated carbocycles. The van der Waals surface area contributed by atoms with Crippen molar-refractivity contribution in [3.05, 3.63) is 71.2 Å². The van der Waals surface area contributed by atoms with Gasteiger partial charge in [0.05, 0.1) is 0 Å². The minimum Gasteiger partial charge on any atom is -0.480 e. The van der Waals surface area contributed by atoms with E-state index < -0.39 is 12.0 Å². The number of nitrogens with one attached hydrogen (secondary N) is 1. The molecule has 1 heterocycles. The fourth-order valence-electron chi connectivity index (χ4n) is 2.88. The van der Waals surface area contributed by atoms with Gasteiger partial charge in [0, 0.05) is 29.2 Å². The Morgan fingerprint density at radius 1 is 1.28 bits per heavy atom. The Labute approximate surface area is 145 Å². The van der Waals surface area contributed by atoms with Gasteiger partial charge in [0.25, 0.3) is 0 Å². The summed E-state index contributed by atoms with van der Waals surface area (Å²) in [5.74, 6) is -1.27. The molecule has 3 aromatic rings. The molecule has 1 atom stereocenters. The topological polar surface area (TPSA) is 65.5 Å². The number of aromatic nitrogens is 1. The van der Waals surface area contributed by atoms with Gasteiger partial charge in [0.1, 0.15) is 5.82 Å². The molecule has 0 spiro atoms. The molecule has 1 unspecified atom stereocenters. The lowest BCUT2D eigenvalue weighted by atomic mass is 10.0. The van der Waals surface area contributed by atoms with Crippen molar-refractivity contribution in [2.45, 2.75) is 26.3 Å². The van der Waals surface area contributed by atoms with E-state index in [0.717, 1.165) is 22.0 Å². The molecule has 0 bridgehead atoms. The molecule has 0 aliphatic rings. The molecular formula is C20H19FN2O2. The number of carboxylic acids is 1. The van der Waals surface area contributed by atoms with Crippen molar-refractivity contribution in [1.82, 2.24) is 4.98 Å². The number of aromatic amines is 1. The van der Waals surface area contributed by atoms with Crippen LogP contribution in [0, 0.1) is 12.7 Å². The zero-order valence-electron chi connectivity index (χ0n) is 14.1. The highest BCUT2D eigenvalue weighted by molar-refractivity contribution is 6.00. The Bertz CT molecular complexity index is 959. The van der Waals surface area contributed by atoms with E-state index in [1.165, 1.54) is 6.07 Å². The van der Waals surface area contributed by atoms with Crippen molar-refractivity contribution in [3.8, 4) is 0 Å². The largest absolute Gasteiger partial charge is 0.480 e. The molecule has 2 N–H and O–H groups in total. The number of fused-ring (bicyclic) bond motifs is 1. The van der Waals surface area contributed by atoms with Gasteiger partial charge in [-0.3, -0.25) is 4.99 Å². The Kier molecular flexibility index (Phi) is 4.65. The molecule has 5 heteroatoms. The van der Waals surface area contributed by atoms with Crippen molar-refractivity contribution >= 4 is 22.6 Å². The van der Waals surface area contributed by atoms with Crippen LogP contribution in [0.15, 0.2) is 53.7 Å². The molecular weight excluding hydrogens is 319 g/mol. The smallest absolute Gasteiger partial charge is 0.328 e. The molecule has 2 aromatic carbocycles. The van der Waals surface area contributed by atoms with Crippen LogP contribution in [0.2, 0.25) is 0 Å². The van der Waals surface area contributed by atoms with Crippen LogP contribution >= 0.6 is 0 Å². The molecule has 0 aliphatic heterocycles. The number of benzene rings is 2. The van der Waals surface area contributed by atoms with Gasteiger partial charge in [0.15, 0.2) is 6.04 Å². The molecule has 0 fully saturated rings. The minimum absolute atomic E-state index is 0.287. The number of aliphatic imine (C=N–C) groups is 1. The van der Waals surface area contributed by atoms with Gasteiger partial charge in [-0.2, -0.15) is 0 Å². The number of halogens is 1. The van der Waals surface area contributed by atoms with Crippen LogP contribution in [0.1, 0.15) is 23.6 Å². The number of hydrogen-bond donors (Lipinski definition) is 2. The molecule has 0 saturated heterocycles. The van der Waals surface area contributed by atoms with E-state index in [1.54, 1.807) is 26.0 Å². The summed E-state index contributed by atoms with van der Waals surface area (Å²) in [5.41, 5.74) is 3.70.